The average Bonchev–Trinajstić information content (AvgIpc) is 2.76. The van der Waals surface area contributed by atoms with Crippen molar-refractivity contribution in [2.45, 2.75) is 63.0 Å². The molecule has 3 amide bonds. The number of likely N-dealkylation sites (tertiary alicyclic amines) is 1. The number of aliphatic hydroxyl groups is 1. The van der Waals surface area contributed by atoms with Gasteiger partial charge >= 0.3 is 6.03 Å². The lowest BCUT2D eigenvalue weighted by Crippen LogP contribution is -2.69. The summed E-state index contributed by atoms with van der Waals surface area (Å²) in [4.78, 5) is 29.7. The molecule has 2 aliphatic heterocycles. The molecule has 3 N–H and O–H groups in total. The van der Waals surface area contributed by atoms with Crippen LogP contribution in [0.2, 0.25) is 0 Å². The highest BCUT2D eigenvalue weighted by Gasteiger charge is 2.59. The number of benzene rings is 1. The molecule has 0 spiro atoms. The van der Waals surface area contributed by atoms with Crippen molar-refractivity contribution in [1.82, 2.24) is 20.4 Å². The summed E-state index contributed by atoms with van der Waals surface area (Å²) in [6, 6.07) is 5.23. The molecule has 33 heavy (non-hydrogen) atoms. The standard InChI is InChI=1S/C25H40N4O4/c1-18-8-9-20(33-5)16-21(18)24-11-15-29(14-7-13-28(3)4)19(2)25(24,32)10-6-12-26-23(31)27-22(30)17-24/h8-9,16,19,32H,6-7,10-15,17H2,1-5H3,(H2,26,27,30,31)/t19-,24-,25-/m1/s1. The summed E-state index contributed by atoms with van der Waals surface area (Å²) in [5.74, 6) is 0.326. The van der Waals surface area contributed by atoms with Gasteiger partial charge in [0, 0.05) is 24.4 Å². The van der Waals surface area contributed by atoms with E-state index >= 15 is 0 Å². The Morgan fingerprint density at radius 1 is 1.27 bits per heavy atom. The number of carbonyl (C=O) groups excluding carboxylic acids is 2. The smallest absolute Gasteiger partial charge is 0.321 e. The maximum absolute atomic E-state index is 13.1. The molecule has 0 unspecified atom stereocenters. The van der Waals surface area contributed by atoms with Crippen LogP contribution < -0.4 is 15.4 Å². The summed E-state index contributed by atoms with van der Waals surface area (Å²) in [6.45, 7) is 7.14. The van der Waals surface area contributed by atoms with Crippen molar-refractivity contribution >= 4 is 11.9 Å². The molecule has 2 fully saturated rings. The number of imide groups is 1. The third-order valence-electron chi connectivity index (χ3n) is 7.64. The van der Waals surface area contributed by atoms with Crippen LogP contribution in [0.15, 0.2) is 18.2 Å². The lowest BCUT2D eigenvalue weighted by Gasteiger charge is -2.58. The van der Waals surface area contributed by atoms with Crippen LogP contribution in [0, 0.1) is 6.92 Å². The van der Waals surface area contributed by atoms with Gasteiger partial charge in [0.2, 0.25) is 5.91 Å². The van der Waals surface area contributed by atoms with E-state index in [9.17, 15) is 14.7 Å². The number of amides is 3. The van der Waals surface area contributed by atoms with Gasteiger partial charge in [0.25, 0.3) is 0 Å². The Balaban J connectivity index is 2.08. The second-order valence-corrected chi connectivity index (χ2v) is 9.89. The van der Waals surface area contributed by atoms with E-state index in [1.54, 1.807) is 7.11 Å². The molecule has 2 saturated heterocycles. The third-order valence-corrected chi connectivity index (χ3v) is 7.64. The summed E-state index contributed by atoms with van der Waals surface area (Å²) in [5, 5.41) is 17.7. The van der Waals surface area contributed by atoms with Gasteiger partial charge in [-0.15, -0.1) is 0 Å². The number of piperidine rings is 1. The van der Waals surface area contributed by atoms with E-state index in [1.165, 1.54) is 0 Å². The Morgan fingerprint density at radius 2 is 2.03 bits per heavy atom. The normalized spacial score (nSPS) is 29.2. The zero-order valence-corrected chi connectivity index (χ0v) is 20.7. The molecule has 3 rings (SSSR count). The van der Waals surface area contributed by atoms with E-state index < -0.39 is 17.0 Å². The quantitative estimate of drug-likeness (QED) is 0.602. The number of nitrogens with one attached hydrogen (secondary N) is 2. The van der Waals surface area contributed by atoms with Crippen LogP contribution in [0.3, 0.4) is 0 Å². The predicted octanol–water partition coefficient (Wildman–Crippen LogP) is 2.03. The Hall–Kier alpha value is -2.16. The van der Waals surface area contributed by atoms with E-state index in [0.29, 0.717) is 31.6 Å². The van der Waals surface area contributed by atoms with Gasteiger partial charge in [-0.25, -0.2) is 4.79 Å². The van der Waals surface area contributed by atoms with E-state index in [1.807, 2.05) is 25.1 Å². The first-order chi connectivity index (χ1) is 15.6. The molecule has 8 heteroatoms. The lowest BCUT2D eigenvalue weighted by atomic mass is 9.56. The predicted molar refractivity (Wildman–Crippen MR) is 129 cm³/mol. The number of hydrogen-bond acceptors (Lipinski definition) is 6. The monoisotopic (exact) mass is 460 g/mol. The molecule has 1 aromatic rings. The summed E-state index contributed by atoms with van der Waals surface area (Å²) >= 11 is 0. The molecule has 184 valence electrons. The van der Waals surface area contributed by atoms with Crippen LogP contribution in [0.4, 0.5) is 4.79 Å². The van der Waals surface area contributed by atoms with Crippen molar-refractivity contribution in [3.63, 3.8) is 0 Å². The second kappa shape index (κ2) is 10.4. The van der Waals surface area contributed by atoms with Gasteiger partial charge < -0.3 is 20.1 Å². The Kier molecular flexibility index (Phi) is 8.03. The first kappa shape index (κ1) is 25.5. The highest BCUT2D eigenvalue weighted by Crippen LogP contribution is 2.52. The van der Waals surface area contributed by atoms with Gasteiger partial charge in [0.05, 0.1) is 12.7 Å². The van der Waals surface area contributed by atoms with Crippen LogP contribution in [0.25, 0.3) is 0 Å². The summed E-state index contributed by atoms with van der Waals surface area (Å²) < 4.78 is 5.52. The van der Waals surface area contributed by atoms with Gasteiger partial charge in [-0.1, -0.05) is 6.07 Å². The van der Waals surface area contributed by atoms with Crippen molar-refractivity contribution in [3.05, 3.63) is 29.3 Å². The Labute approximate surface area is 197 Å². The number of ether oxygens (including phenoxy) is 1. The zero-order valence-electron chi connectivity index (χ0n) is 20.7. The highest BCUT2D eigenvalue weighted by molar-refractivity contribution is 5.95. The number of nitrogens with zero attached hydrogens (tertiary/aromatic N) is 2. The molecule has 0 aromatic heterocycles. The van der Waals surface area contributed by atoms with Crippen LogP contribution >= 0.6 is 0 Å². The zero-order chi connectivity index (χ0) is 24.2. The number of rotatable bonds is 6. The fourth-order valence-electron chi connectivity index (χ4n) is 5.79. The molecular weight excluding hydrogens is 420 g/mol. The van der Waals surface area contributed by atoms with Crippen LogP contribution in [-0.4, -0.2) is 85.9 Å². The molecule has 0 radical (unpaired) electrons. The molecule has 0 aliphatic carbocycles. The van der Waals surface area contributed by atoms with Crippen LogP contribution in [0.5, 0.6) is 5.75 Å². The van der Waals surface area contributed by atoms with Crippen molar-refractivity contribution in [3.8, 4) is 5.75 Å². The van der Waals surface area contributed by atoms with Gasteiger partial charge in [-0.05, 0) is 96.5 Å². The number of carbonyl (C=O) groups is 2. The van der Waals surface area contributed by atoms with Gasteiger partial charge in [-0.2, -0.15) is 0 Å². The number of hydrogen-bond donors (Lipinski definition) is 3. The molecule has 2 aliphatic rings. The topological polar surface area (TPSA) is 94.1 Å². The first-order valence-electron chi connectivity index (χ1n) is 12.0. The minimum absolute atomic E-state index is 0.0425. The molecule has 2 heterocycles. The molecule has 3 atom stereocenters. The Bertz CT molecular complexity index is 861. The number of urea groups is 1. The van der Waals surface area contributed by atoms with Crippen molar-refractivity contribution < 1.29 is 19.4 Å². The van der Waals surface area contributed by atoms with E-state index in [0.717, 1.165) is 37.2 Å². The first-order valence-corrected chi connectivity index (χ1v) is 12.0. The van der Waals surface area contributed by atoms with Crippen LogP contribution in [0.1, 0.15) is 50.2 Å². The highest BCUT2D eigenvalue weighted by atomic mass is 16.5. The van der Waals surface area contributed by atoms with E-state index in [2.05, 4.69) is 41.5 Å². The van der Waals surface area contributed by atoms with Gasteiger partial charge in [0.1, 0.15) is 5.75 Å². The molecule has 0 saturated carbocycles. The largest absolute Gasteiger partial charge is 0.497 e. The average molecular weight is 461 g/mol. The second-order valence-electron chi connectivity index (χ2n) is 9.89. The fourth-order valence-corrected chi connectivity index (χ4v) is 5.79. The third kappa shape index (κ3) is 5.18. The number of methoxy groups -OCH3 is 1. The molecule has 0 bridgehead atoms. The summed E-state index contributed by atoms with van der Waals surface area (Å²) in [6.07, 6.45) is 2.79. The van der Waals surface area contributed by atoms with Crippen LogP contribution in [-0.2, 0) is 10.2 Å². The van der Waals surface area contributed by atoms with Crippen molar-refractivity contribution in [1.29, 1.82) is 0 Å². The number of fused-ring (bicyclic) bond motifs is 1. The lowest BCUT2D eigenvalue weighted by molar-refractivity contribution is -0.151. The van der Waals surface area contributed by atoms with E-state index in [4.69, 9.17) is 4.74 Å². The SMILES string of the molecule is COc1ccc(C)c([C@]23CCN(CCCN(C)C)[C@H](C)[C@]2(O)CCCNC(=O)NC(=O)C3)c1. The van der Waals surface area contributed by atoms with E-state index in [-0.39, 0.29) is 18.4 Å². The minimum atomic E-state index is -1.15. The van der Waals surface area contributed by atoms with Crippen molar-refractivity contribution in [2.75, 3.05) is 47.4 Å². The molecular formula is C25H40N4O4. The Morgan fingerprint density at radius 3 is 2.73 bits per heavy atom. The number of aryl methyl sites for hydroxylation is 1. The minimum Gasteiger partial charge on any atom is -0.497 e. The molecule has 1 aromatic carbocycles. The summed E-state index contributed by atoms with van der Waals surface area (Å²) in [7, 11) is 5.76. The maximum Gasteiger partial charge on any atom is 0.321 e. The fraction of sp³-hybridized carbons (Fsp3) is 0.680. The maximum atomic E-state index is 13.1. The van der Waals surface area contributed by atoms with Gasteiger partial charge in [0.15, 0.2) is 0 Å². The summed E-state index contributed by atoms with van der Waals surface area (Å²) in [5.41, 5.74) is -0.0397. The molecule has 8 nitrogen and oxygen atoms in total. The van der Waals surface area contributed by atoms with Gasteiger partial charge in [-0.3, -0.25) is 15.0 Å². The van der Waals surface area contributed by atoms with Crippen molar-refractivity contribution in [2.24, 2.45) is 0 Å².